The van der Waals surface area contributed by atoms with E-state index in [2.05, 4.69) is 11.8 Å². The van der Waals surface area contributed by atoms with Crippen molar-refractivity contribution in [3.63, 3.8) is 0 Å². The normalized spacial score (nSPS) is 26.8. The molecule has 4 heteroatoms. The molecule has 1 saturated heterocycles. The van der Waals surface area contributed by atoms with Crippen LogP contribution >= 0.6 is 11.8 Å². The molecule has 1 amide bonds. The zero-order valence-corrected chi connectivity index (χ0v) is 10.9. The van der Waals surface area contributed by atoms with Crippen LogP contribution in [0.2, 0.25) is 0 Å². The maximum absolute atomic E-state index is 11.9. The molecule has 1 heterocycles. The van der Waals surface area contributed by atoms with Crippen LogP contribution in [0, 0.1) is 0 Å². The molecule has 1 spiro atoms. The minimum absolute atomic E-state index is 0.130. The number of carbonyl (C=O) groups excluding carboxylic acids is 1. The van der Waals surface area contributed by atoms with Gasteiger partial charge in [0.15, 0.2) is 0 Å². The van der Waals surface area contributed by atoms with Gasteiger partial charge in [-0.3, -0.25) is 4.79 Å². The lowest BCUT2D eigenvalue weighted by molar-refractivity contribution is -0.132. The van der Waals surface area contributed by atoms with Crippen LogP contribution in [0.4, 0.5) is 0 Å². The molecule has 0 aromatic heterocycles. The first kappa shape index (κ1) is 12.2. The predicted molar refractivity (Wildman–Crippen MR) is 68.5 cm³/mol. The average Bonchev–Trinajstić information content (AvgIpc) is 2.29. The Kier molecular flexibility index (Phi) is 3.80. The maximum atomic E-state index is 11.9. The summed E-state index contributed by atoms with van der Waals surface area (Å²) in [5, 5.41) is 0. The third kappa shape index (κ3) is 2.54. The number of nitrogens with zero attached hydrogens (tertiary/aromatic N) is 1. The zero-order valence-electron chi connectivity index (χ0n) is 10.1. The Morgan fingerprint density at radius 1 is 1.38 bits per heavy atom. The summed E-state index contributed by atoms with van der Waals surface area (Å²) in [6.45, 7) is 3.60. The summed E-state index contributed by atoms with van der Waals surface area (Å²) >= 11 is 2.08. The molecule has 1 aliphatic heterocycles. The van der Waals surface area contributed by atoms with Crippen LogP contribution in [0.25, 0.3) is 0 Å². The topological polar surface area (TPSA) is 46.3 Å². The molecule has 0 unspecified atom stereocenters. The molecule has 0 aromatic rings. The summed E-state index contributed by atoms with van der Waals surface area (Å²) in [6, 6.07) is -0.344. The van der Waals surface area contributed by atoms with E-state index >= 15 is 0 Å². The fraction of sp³-hybridized carbons (Fsp3) is 0.917. The van der Waals surface area contributed by atoms with E-state index in [1.807, 2.05) is 4.90 Å². The van der Waals surface area contributed by atoms with E-state index in [1.165, 1.54) is 32.1 Å². The van der Waals surface area contributed by atoms with Gasteiger partial charge in [0.1, 0.15) is 0 Å². The first-order chi connectivity index (χ1) is 7.63. The quantitative estimate of drug-likeness (QED) is 0.760. The highest BCUT2D eigenvalue weighted by Gasteiger charge is 2.38. The number of carbonyl (C=O) groups is 1. The van der Waals surface area contributed by atoms with Gasteiger partial charge in [0.25, 0.3) is 0 Å². The molecular weight excluding hydrogens is 220 g/mol. The van der Waals surface area contributed by atoms with Crippen molar-refractivity contribution in [2.24, 2.45) is 5.73 Å². The van der Waals surface area contributed by atoms with E-state index in [-0.39, 0.29) is 11.9 Å². The van der Waals surface area contributed by atoms with Crippen molar-refractivity contribution in [1.29, 1.82) is 0 Å². The van der Waals surface area contributed by atoms with Gasteiger partial charge >= 0.3 is 0 Å². The van der Waals surface area contributed by atoms with Crippen LogP contribution in [0.15, 0.2) is 0 Å². The van der Waals surface area contributed by atoms with Gasteiger partial charge in [0.2, 0.25) is 5.91 Å². The first-order valence-corrected chi connectivity index (χ1v) is 7.30. The Labute approximate surface area is 102 Å². The Morgan fingerprint density at radius 3 is 2.69 bits per heavy atom. The smallest absolute Gasteiger partial charge is 0.239 e. The number of thioether (sulfide) groups is 1. The summed E-state index contributed by atoms with van der Waals surface area (Å²) in [6.07, 6.45) is 6.57. The monoisotopic (exact) mass is 242 g/mol. The van der Waals surface area contributed by atoms with Gasteiger partial charge in [-0.1, -0.05) is 19.3 Å². The minimum Gasteiger partial charge on any atom is -0.339 e. The van der Waals surface area contributed by atoms with Gasteiger partial charge in [-0.25, -0.2) is 0 Å². The lowest BCUT2D eigenvalue weighted by Crippen LogP contribution is -2.53. The summed E-state index contributed by atoms with van der Waals surface area (Å²) in [5.41, 5.74) is 5.69. The largest absolute Gasteiger partial charge is 0.339 e. The minimum atomic E-state index is -0.344. The molecule has 3 nitrogen and oxygen atoms in total. The van der Waals surface area contributed by atoms with Crippen molar-refractivity contribution in [3.05, 3.63) is 0 Å². The van der Waals surface area contributed by atoms with Crippen LogP contribution in [0.5, 0.6) is 0 Å². The first-order valence-electron chi connectivity index (χ1n) is 6.31. The van der Waals surface area contributed by atoms with Crippen LogP contribution in [0.1, 0.15) is 39.0 Å². The van der Waals surface area contributed by atoms with Crippen molar-refractivity contribution in [3.8, 4) is 0 Å². The molecule has 2 N–H and O–H groups in total. The van der Waals surface area contributed by atoms with Crippen molar-refractivity contribution in [2.75, 3.05) is 18.8 Å². The van der Waals surface area contributed by atoms with Gasteiger partial charge in [-0.15, -0.1) is 0 Å². The average molecular weight is 242 g/mol. The van der Waals surface area contributed by atoms with E-state index < -0.39 is 0 Å². The molecule has 2 rings (SSSR count). The Morgan fingerprint density at radius 2 is 2.06 bits per heavy atom. The van der Waals surface area contributed by atoms with Gasteiger partial charge in [0, 0.05) is 23.6 Å². The standard InChI is InChI=1S/C12H22N2OS/c1-10(13)11(15)14-7-8-16-12(9-14)5-3-2-4-6-12/h10H,2-9,13H2,1H3/t10-/m0/s1. The number of hydrogen-bond donors (Lipinski definition) is 1. The van der Waals surface area contributed by atoms with Crippen LogP contribution in [0.3, 0.4) is 0 Å². The highest BCUT2D eigenvalue weighted by atomic mass is 32.2. The highest BCUT2D eigenvalue weighted by Crippen LogP contribution is 2.42. The lowest BCUT2D eigenvalue weighted by Gasteiger charge is -2.45. The van der Waals surface area contributed by atoms with E-state index in [0.717, 1.165) is 18.8 Å². The van der Waals surface area contributed by atoms with Gasteiger partial charge in [0.05, 0.1) is 6.04 Å². The maximum Gasteiger partial charge on any atom is 0.239 e. The molecule has 1 saturated carbocycles. The van der Waals surface area contributed by atoms with Crippen molar-refractivity contribution >= 4 is 17.7 Å². The van der Waals surface area contributed by atoms with Gasteiger partial charge < -0.3 is 10.6 Å². The number of hydrogen-bond acceptors (Lipinski definition) is 3. The molecule has 92 valence electrons. The molecule has 2 aliphatic rings. The Bertz CT molecular complexity index is 256. The van der Waals surface area contributed by atoms with Crippen molar-refractivity contribution in [1.82, 2.24) is 4.90 Å². The molecule has 16 heavy (non-hydrogen) atoms. The molecule has 0 bridgehead atoms. The summed E-state index contributed by atoms with van der Waals surface area (Å²) in [4.78, 5) is 13.9. The van der Waals surface area contributed by atoms with E-state index in [0.29, 0.717) is 4.75 Å². The van der Waals surface area contributed by atoms with E-state index in [1.54, 1.807) is 6.92 Å². The molecule has 0 radical (unpaired) electrons. The molecule has 1 atom stereocenters. The third-order valence-corrected chi connectivity index (χ3v) is 5.25. The summed E-state index contributed by atoms with van der Waals surface area (Å²) < 4.78 is 0.362. The SMILES string of the molecule is C[C@H](N)C(=O)N1CCSC2(CCCCC2)C1. The predicted octanol–water partition coefficient (Wildman–Crippen LogP) is 1.61. The Hall–Kier alpha value is -0.220. The molecule has 0 aromatic carbocycles. The lowest BCUT2D eigenvalue weighted by atomic mass is 9.87. The van der Waals surface area contributed by atoms with Crippen molar-refractivity contribution < 1.29 is 4.79 Å². The molecular formula is C12H22N2OS. The number of nitrogens with two attached hydrogens (primary N) is 1. The van der Waals surface area contributed by atoms with Crippen LogP contribution < -0.4 is 5.73 Å². The summed E-state index contributed by atoms with van der Waals surface area (Å²) in [5.74, 6) is 1.21. The molecule has 2 fully saturated rings. The number of rotatable bonds is 1. The fourth-order valence-corrected chi connectivity index (χ4v) is 4.39. The van der Waals surface area contributed by atoms with Crippen molar-refractivity contribution in [2.45, 2.75) is 49.8 Å². The van der Waals surface area contributed by atoms with E-state index in [4.69, 9.17) is 5.73 Å². The zero-order chi connectivity index (χ0) is 11.6. The molecule has 1 aliphatic carbocycles. The van der Waals surface area contributed by atoms with Gasteiger partial charge in [-0.05, 0) is 19.8 Å². The third-order valence-electron chi connectivity index (χ3n) is 3.71. The van der Waals surface area contributed by atoms with E-state index in [9.17, 15) is 4.79 Å². The Balaban J connectivity index is 2.00. The second-order valence-electron chi connectivity index (χ2n) is 5.14. The summed E-state index contributed by atoms with van der Waals surface area (Å²) in [7, 11) is 0. The second-order valence-corrected chi connectivity index (χ2v) is 6.70. The van der Waals surface area contributed by atoms with Crippen LogP contribution in [-0.2, 0) is 4.79 Å². The van der Waals surface area contributed by atoms with Crippen LogP contribution in [-0.4, -0.2) is 40.4 Å². The number of amides is 1. The fourth-order valence-electron chi connectivity index (χ4n) is 2.82. The highest BCUT2D eigenvalue weighted by molar-refractivity contribution is 8.00. The second kappa shape index (κ2) is 4.96. The van der Waals surface area contributed by atoms with Gasteiger partial charge in [-0.2, -0.15) is 11.8 Å².